The molecule has 3 rings (SSSR count). The average Bonchev–Trinajstić information content (AvgIpc) is 2.46. The number of nitrogens with zero attached hydrogens (tertiary/aromatic N) is 1. The Kier molecular flexibility index (Phi) is 3.20. The molecule has 0 amide bonds. The lowest BCUT2D eigenvalue weighted by Crippen LogP contribution is -2.23. The summed E-state index contributed by atoms with van der Waals surface area (Å²) in [6, 6.07) is 15.1. The van der Waals surface area contributed by atoms with Crippen LogP contribution < -0.4 is 0 Å². The molecule has 1 aromatic heterocycles. The quantitative estimate of drug-likeness (QED) is 0.766. The Labute approximate surface area is 122 Å². The van der Waals surface area contributed by atoms with Crippen LogP contribution in [0.4, 0.5) is 0 Å². The van der Waals surface area contributed by atoms with Crippen LogP contribution in [-0.2, 0) is 5.60 Å². The molecule has 20 heavy (non-hydrogen) atoms. The van der Waals surface area contributed by atoms with Crippen molar-refractivity contribution in [1.82, 2.24) is 4.98 Å². The molecule has 0 bridgehead atoms. The van der Waals surface area contributed by atoms with Gasteiger partial charge in [-0.15, -0.1) is 0 Å². The van der Waals surface area contributed by atoms with Crippen molar-refractivity contribution in [3.63, 3.8) is 0 Å². The Morgan fingerprint density at radius 1 is 1.10 bits per heavy atom. The van der Waals surface area contributed by atoms with E-state index in [1.54, 1.807) is 31.5 Å². The number of halogens is 1. The Balaban J connectivity index is 2.23. The van der Waals surface area contributed by atoms with Crippen LogP contribution >= 0.6 is 11.6 Å². The largest absolute Gasteiger partial charge is 0.381 e. The fourth-order valence-electron chi connectivity index (χ4n) is 2.49. The van der Waals surface area contributed by atoms with Crippen LogP contribution in [0.3, 0.4) is 0 Å². The van der Waals surface area contributed by atoms with Crippen molar-refractivity contribution in [2.45, 2.75) is 12.5 Å². The molecule has 100 valence electrons. The summed E-state index contributed by atoms with van der Waals surface area (Å²) < 4.78 is 0. The molecule has 0 saturated carbocycles. The second kappa shape index (κ2) is 4.89. The Hall–Kier alpha value is -1.90. The summed E-state index contributed by atoms with van der Waals surface area (Å²) >= 11 is 6.04. The van der Waals surface area contributed by atoms with Gasteiger partial charge in [0.05, 0.1) is 0 Å². The van der Waals surface area contributed by atoms with Gasteiger partial charge in [0.25, 0.3) is 0 Å². The van der Waals surface area contributed by atoms with Gasteiger partial charge < -0.3 is 5.11 Å². The van der Waals surface area contributed by atoms with Crippen LogP contribution in [0.2, 0.25) is 5.02 Å². The van der Waals surface area contributed by atoms with Crippen LogP contribution in [-0.4, -0.2) is 10.1 Å². The normalized spacial score (nSPS) is 14.2. The number of benzene rings is 2. The molecule has 0 aliphatic rings. The molecule has 2 nitrogen and oxygen atoms in total. The summed E-state index contributed by atoms with van der Waals surface area (Å²) in [7, 11) is 0. The maximum atomic E-state index is 11.0. The molecule has 0 aliphatic carbocycles. The van der Waals surface area contributed by atoms with Gasteiger partial charge in [-0.05, 0) is 41.6 Å². The van der Waals surface area contributed by atoms with Crippen molar-refractivity contribution in [1.29, 1.82) is 0 Å². The zero-order valence-electron chi connectivity index (χ0n) is 11.0. The Bertz CT molecular complexity index is 762. The van der Waals surface area contributed by atoms with Crippen LogP contribution in [0, 0.1) is 0 Å². The maximum absolute atomic E-state index is 11.0. The second-order valence-electron chi connectivity index (χ2n) is 4.98. The molecule has 1 N–H and O–H groups in total. The fraction of sp³-hybridized carbons (Fsp3) is 0.118. The van der Waals surface area contributed by atoms with Gasteiger partial charge in [-0.3, -0.25) is 4.98 Å². The zero-order chi connectivity index (χ0) is 14.2. The number of aromatic nitrogens is 1. The van der Waals surface area contributed by atoms with Crippen molar-refractivity contribution in [2.75, 3.05) is 0 Å². The molecule has 0 spiro atoms. The van der Waals surface area contributed by atoms with E-state index in [1.807, 2.05) is 36.4 Å². The predicted octanol–water partition coefficient (Wildman–Crippen LogP) is 4.14. The average molecular weight is 284 g/mol. The summed E-state index contributed by atoms with van der Waals surface area (Å²) in [5.41, 5.74) is 0.514. The van der Waals surface area contributed by atoms with Gasteiger partial charge in [0.2, 0.25) is 0 Å². The van der Waals surface area contributed by atoms with E-state index in [-0.39, 0.29) is 0 Å². The molecule has 0 fully saturated rings. The second-order valence-corrected chi connectivity index (χ2v) is 5.42. The first-order chi connectivity index (χ1) is 9.59. The van der Waals surface area contributed by atoms with E-state index in [9.17, 15) is 5.11 Å². The van der Waals surface area contributed by atoms with Crippen LogP contribution in [0.1, 0.15) is 18.1 Å². The number of hydrogen-bond donors (Lipinski definition) is 1. The van der Waals surface area contributed by atoms with Gasteiger partial charge in [0, 0.05) is 22.8 Å². The van der Waals surface area contributed by atoms with Crippen molar-refractivity contribution in [3.05, 3.63) is 77.1 Å². The zero-order valence-corrected chi connectivity index (χ0v) is 11.8. The number of pyridine rings is 1. The van der Waals surface area contributed by atoms with E-state index in [0.29, 0.717) is 5.02 Å². The van der Waals surface area contributed by atoms with Crippen molar-refractivity contribution < 1.29 is 5.11 Å². The molecular formula is C17H14ClNO. The van der Waals surface area contributed by atoms with Crippen molar-refractivity contribution >= 4 is 22.4 Å². The highest BCUT2D eigenvalue weighted by atomic mass is 35.5. The highest BCUT2D eigenvalue weighted by Crippen LogP contribution is 2.34. The predicted molar refractivity (Wildman–Crippen MR) is 81.9 cm³/mol. The lowest BCUT2D eigenvalue weighted by atomic mass is 9.85. The molecule has 3 heteroatoms. The summed E-state index contributed by atoms with van der Waals surface area (Å²) in [4.78, 5) is 4.12. The fourth-order valence-corrected chi connectivity index (χ4v) is 2.68. The topological polar surface area (TPSA) is 33.1 Å². The summed E-state index contributed by atoms with van der Waals surface area (Å²) in [5, 5.41) is 13.6. The SMILES string of the molecule is CC(O)(c1cccc(Cl)c1)c1cccc2cnccc12. The molecule has 1 unspecified atom stereocenters. The minimum atomic E-state index is -1.11. The minimum Gasteiger partial charge on any atom is -0.381 e. The maximum Gasteiger partial charge on any atom is 0.112 e. The summed E-state index contributed by atoms with van der Waals surface area (Å²) in [6.07, 6.45) is 3.53. The van der Waals surface area contributed by atoms with E-state index < -0.39 is 5.60 Å². The Morgan fingerprint density at radius 2 is 1.90 bits per heavy atom. The molecule has 0 radical (unpaired) electrons. The van der Waals surface area contributed by atoms with Crippen LogP contribution in [0.25, 0.3) is 10.8 Å². The first-order valence-electron chi connectivity index (χ1n) is 6.41. The molecule has 1 heterocycles. The van der Waals surface area contributed by atoms with Gasteiger partial charge >= 0.3 is 0 Å². The molecule has 2 aromatic carbocycles. The lowest BCUT2D eigenvalue weighted by molar-refractivity contribution is 0.104. The van der Waals surface area contributed by atoms with Gasteiger partial charge in [-0.1, -0.05) is 41.9 Å². The summed E-state index contributed by atoms with van der Waals surface area (Å²) in [6.45, 7) is 1.79. The highest BCUT2D eigenvalue weighted by molar-refractivity contribution is 6.30. The third-order valence-electron chi connectivity index (χ3n) is 3.59. The van der Waals surface area contributed by atoms with Gasteiger partial charge in [0.1, 0.15) is 5.60 Å². The lowest BCUT2D eigenvalue weighted by Gasteiger charge is -2.26. The van der Waals surface area contributed by atoms with Gasteiger partial charge in [-0.2, -0.15) is 0 Å². The van der Waals surface area contributed by atoms with E-state index in [2.05, 4.69) is 4.98 Å². The van der Waals surface area contributed by atoms with Crippen molar-refractivity contribution in [2.24, 2.45) is 0 Å². The van der Waals surface area contributed by atoms with Gasteiger partial charge in [0.15, 0.2) is 0 Å². The number of aliphatic hydroxyl groups is 1. The molecular weight excluding hydrogens is 270 g/mol. The molecule has 0 aliphatic heterocycles. The van der Waals surface area contributed by atoms with Crippen LogP contribution in [0.15, 0.2) is 60.9 Å². The highest BCUT2D eigenvalue weighted by Gasteiger charge is 2.27. The molecule has 3 aromatic rings. The van der Waals surface area contributed by atoms with Crippen LogP contribution in [0.5, 0.6) is 0 Å². The van der Waals surface area contributed by atoms with E-state index in [0.717, 1.165) is 21.9 Å². The first-order valence-corrected chi connectivity index (χ1v) is 6.78. The van der Waals surface area contributed by atoms with Gasteiger partial charge in [-0.25, -0.2) is 0 Å². The smallest absolute Gasteiger partial charge is 0.112 e. The number of hydrogen-bond acceptors (Lipinski definition) is 2. The van der Waals surface area contributed by atoms with E-state index >= 15 is 0 Å². The van der Waals surface area contributed by atoms with E-state index in [1.165, 1.54) is 0 Å². The Morgan fingerprint density at radius 3 is 2.70 bits per heavy atom. The van der Waals surface area contributed by atoms with E-state index in [4.69, 9.17) is 11.6 Å². The first kappa shape index (κ1) is 13.1. The third-order valence-corrected chi connectivity index (χ3v) is 3.83. The molecule has 0 saturated heterocycles. The standard InChI is InChI=1S/C17H14ClNO/c1-17(20,13-5-3-6-14(18)10-13)16-7-2-4-12-11-19-9-8-15(12)16/h2-11,20H,1H3. The monoisotopic (exact) mass is 283 g/mol. The molecule has 1 atom stereocenters. The van der Waals surface area contributed by atoms with Crippen molar-refractivity contribution in [3.8, 4) is 0 Å². The number of rotatable bonds is 2. The minimum absolute atomic E-state index is 0.615. The number of fused-ring (bicyclic) bond motifs is 1. The summed E-state index contributed by atoms with van der Waals surface area (Å²) in [5.74, 6) is 0. The third kappa shape index (κ3) is 2.17.